The molecule has 0 saturated heterocycles. The van der Waals surface area contributed by atoms with Gasteiger partial charge in [-0.3, -0.25) is 9.79 Å². The smallest absolute Gasteiger partial charge is 0.265 e. The Labute approximate surface area is 224 Å². The van der Waals surface area contributed by atoms with E-state index in [9.17, 15) is 9.90 Å². The molecular weight excluding hydrogens is 490 g/mol. The number of aromatic hydroxyl groups is 1. The quantitative estimate of drug-likeness (QED) is 0.245. The maximum Gasteiger partial charge on any atom is 0.265 e. The minimum atomic E-state index is -0.270. The Kier molecular flexibility index (Phi) is 5.89. The number of hydrogen-bond donors (Lipinski definition) is 1. The van der Waals surface area contributed by atoms with Crippen molar-refractivity contribution < 1.29 is 5.11 Å². The molecule has 0 aliphatic carbocycles. The summed E-state index contributed by atoms with van der Waals surface area (Å²) < 4.78 is 2.52. The number of benzene rings is 4. The average molecular weight is 516 g/mol. The molecule has 0 radical (unpaired) electrons. The topological polar surface area (TPSA) is 67.5 Å². The SMILES string of the molecule is Cc1ccc2nc(-c3ccc(N=Cc4c(O)n(-c5ccc(C)c(C)c5)c(=O)c5ccccc45)cc3)sc2c1. The van der Waals surface area contributed by atoms with Gasteiger partial charge in [0.25, 0.3) is 5.56 Å². The molecule has 0 spiro atoms. The first kappa shape index (κ1) is 23.8. The van der Waals surface area contributed by atoms with Crippen LogP contribution in [-0.2, 0) is 0 Å². The summed E-state index contributed by atoms with van der Waals surface area (Å²) in [6.07, 6.45) is 1.63. The summed E-state index contributed by atoms with van der Waals surface area (Å²) in [4.78, 5) is 22.8. The fourth-order valence-electron chi connectivity index (χ4n) is 4.58. The van der Waals surface area contributed by atoms with E-state index in [0.29, 0.717) is 22.0 Å². The lowest BCUT2D eigenvalue weighted by molar-refractivity contribution is 0.436. The number of aromatic nitrogens is 2. The normalized spacial score (nSPS) is 11.7. The molecule has 0 fully saturated rings. The van der Waals surface area contributed by atoms with E-state index < -0.39 is 0 Å². The van der Waals surface area contributed by atoms with Crippen LogP contribution < -0.4 is 5.56 Å². The van der Waals surface area contributed by atoms with E-state index in [1.165, 1.54) is 14.8 Å². The molecular formula is C32H25N3O2S. The number of fused-ring (bicyclic) bond motifs is 2. The van der Waals surface area contributed by atoms with Gasteiger partial charge in [-0.15, -0.1) is 11.3 Å². The van der Waals surface area contributed by atoms with Gasteiger partial charge < -0.3 is 5.11 Å². The van der Waals surface area contributed by atoms with E-state index in [0.717, 1.165) is 32.9 Å². The van der Waals surface area contributed by atoms with Crippen molar-refractivity contribution in [3.8, 4) is 22.1 Å². The first-order valence-electron chi connectivity index (χ1n) is 12.3. The van der Waals surface area contributed by atoms with Crippen molar-refractivity contribution in [1.82, 2.24) is 9.55 Å². The van der Waals surface area contributed by atoms with Gasteiger partial charge in [0.1, 0.15) is 5.01 Å². The minimum absolute atomic E-state index is 0.137. The number of aryl methyl sites for hydroxylation is 3. The Balaban J connectivity index is 1.40. The number of nitrogens with zero attached hydrogens (tertiary/aromatic N) is 3. The molecule has 2 heterocycles. The van der Waals surface area contributed by atoms with Crippen LogP contribution in [0.15, 0.2) is 94.7 Å². The molecule has 0 amide bonds. The van der Waals surface area contributed by atoms with E-state index in [4.69, 9.17) is 4.98 Å². The summed E-state index contributed by atoms with van der Waals surface area (Å²) in [5.74, 6) is -0.137. The number of hydrogen-bond acceptors (Lipinski definition) is 5. The second-order valence-corrected chi connectivity index (χ2v) is 10.5. The fourth-order valence-corrected chi connectivity index (χ4v) is 5.65. The summed E-state index contributed by atoms with van der Waals surface area (Å²) in [5.41, 5.74) is 6.98. The molecule has 0 atom stereocenters. The van der Waals surface area contributed by atoms with E-state index in [1.807, 2.05) is 74.5 Å². The van der Waals surface area contributed by atoms with E-state index >= 15 is 0 Å². The van der Waals surface area contributed by atoms with Crippen LogP contribution in [0.1, 0.15) is 22.3 Å². The predicted octanol–water partition coefficient (Wildman–Crippen LogP) is 7.65. The summed E-state index contributed by atoms with van der Waals surface area (Å²) in [5, 5.41) is 13.4. The molecule has 38 heavy (non-hydrogen) atoms. The van der Waals surface area contributed by atoms with Gasteiger partial charge in [0, 0.05) is 22.6 Å². The van der Waals surface area contributed by atoms with Gasteiger partial charge in [0.2, 0.25) is 5.88 Å². The summed E-state index contributed by atoms with van der Waals surface area (Å²) in [7, 11) is 0. The van der Waals surface area contributed by atoms with Crippen molar-refractivity contribution >= 4 is 44.2 Å². The highest BCUT2D eigenvalue weighted by Gasteiger charge is 2.16. The molecule has 186 valence electrons. The van der Waals surface area contributed by atoms with Gasteiger partial charge in [0.15, 0.2) is 0 Å². The van der Waals surface area contributed by atoms with Gasteiger partial charge in [0.05, 0.1) is 27.2 Å². The third-order valence-corrected chi connectivity index (χ3v) is 7.92. The van der Waals surface area contributed by atoms with Crippen LogP contribution in [0.25, 0.3) is 37.2 Å². The third kappa shape index (κ3) is 4.19. The van der Waals surface area contributed by atoms with Crippen molar-refractivity contribution in [2.75, 3.05) is 0 Å². The predicted molar refractivity (Wildman–Crippen MR) is 158 cm³/mol. The Bertz CT molecular complexity index is 1930. The number of rotatable bonds is 4. The minimum Gasteiger partial charge on any atom is -0.494 e. The molecule has 1 N–H and O–H groups in total. The zero-order chi connectivity index (χ0) is 26.4. The van der Waals surface area contributed by atoms with Crippen molar-refractivity contribution in [3.05, 3.63) is 118 Å². The first-order valence-corrected chi connectivity index (χ1v) is 13.2. The van der Waals surface area contributed by atoms with Gasteiger partial charge in [-0.2, -0.15) is 0 Å². The Morgan fingerprint density at radius 2 is 1.63 bits per heavy atom. The lowest BCUT2D eigenvalue weighted by atomic mass is 10.1. The largest absolute Gasteiger partial charge is 0.494 e. The summed E-state index contributed by atoms with van der Waals surface area (Å²) in [6.45, 7) is 6.09. The first-order chi connectivity index (χ1) is 18.4. The maximum atomic E-state index is 13.4. The van der Waals surface area contributed by atoms with Gasteiger partial charge in [-0.05, 0) is 92.1 Å². The Hall–Kier alpha value is -4.55. The highest BCUT2D eigenvalue weighted by molar-refractivity contribution is 7.21. The number of aliphatic imine (C=N–C) groups is 1. The van der Waals surface area contributed by atoms with Crippen LogP contribution in [0.5, 0.6) is 5.88 Å². The number of thiazole rings is 1. The molecule has 6 heteroatoms. The highest BCUT2D eigenvalue weighted by Crippen LogP contribution is 2.32. The van der Waals surface area contributed by atoms with Crippen molar-refractivity contribution in [2.45, 2.75) is 20.8 Å². The Morgan fingerprint density at radius 3 is 2.39 bits per heavy atom. The Morgan fingerprint density at radius 1 is 0.868 bits per heavy atom. The van der Waals surface area contributed by atoms with Crippen LogP contribution in [0.3, 0.4) is 0 Å². The van der Waals surface area contributed by atoms with Crippen molar-refractivity contribution in [3.63, 3.8) is 0 Å². The summed E-state index contributed by atoms with van der Waals surface area (Å²) >= 11 is 1.67. The molecule has 0 saturated carbocycles. The molecule has 0 aliphatic heterocycles. The molecule has 2 aromatic heterocycles. The molecule has 5 nitrogen and oxygen atoms in total. The molecule has 6 rings (SSSR count). The fraction of sp³-hybridized carbons (Fsp3) is 0.0938. The second-order valence-electron chi connectivity index (χ2n) is 9.49. The maximum absolute atomic E-state index is 13.4. The van der Waals surface area contributed by atoms with Crippen LogP contribution in [0, 0.1) is 20.8 Å². The monoisotopic (exact) mass is 515 g/mol. The van der Waals surface area contributed by atoms with Crippen molar-refractivity contribution in [1.29, 1.82) is 0 Å². The zero-order valence-electron chi connectivity index (χ0n) is 21.3. The molecule has 0 aliphatic rings. The average Bonchev–Trinajstić information content (AvgIpc) is 3.34. The molecule has 0 bridgehead atoms. The molecule has 0 unspecified atom stereocenters. The molecule has 6 aromatic rings. The van der Waals surface area contributed by atoms with Gasteiger partial charge in [-0.25, -0.2) is 9.55 Å². The lowest BCUT2D eigenvalue weighted by Crippen LogP contribution is -2.20. The van der Waals surface area contributed by atoms with E-state index in [2.05, 4.69) is 30.1 Å². The lowest BCUT2D eigenvalue weighted by Gasteiger charge is -2.14. The van der Waals surface area contributed by atoms with Crippen LogP contribution >= 0.6 is 11.3 Å². The standard InChI is InChI=1S/C32H25N3O2S/c1-19-8-15-28-29(16-19)38-30(34-28)22-10-12-23(13-11-22)33-18-27-25-6-4-5-7-26(25)31(36)35(32(27)37)24-14-9-20(2)21(3)17-24/h4-18,37H,1-3H3. The second kappa shape index (κ2) is 9.39. The molecule has 4 aromatic carbocycles. The van der Waals surface area contributed by atoms with E-state index in [-0.39, 0.29) is 11.4 Å². The van der Waals surface area contributed by atoms with Crippen molar-refractivity contribution in [2.24, 2.45) is 4.99 Å². The van der Waals surface area contributed by atoms with Crippen LogP contribution in [0.2, 0.25) is 0 Å². The van der Waals surface area contributed by atoms with Gasteiger partial charge >= 0.3 is 0 Å². The highest BCUT2D eigenvalue weighted by atomic mass is 32.1. The van der Waals surface area contributed by atoms with Gasteiger partial charge in [-0.1, -0.05) is 30.3 Å². The summed E-state index contributed by atoms with van der Waals surface area (Å²) in [6, 6.07) is 27.2. The third-order valence-electron chi connectivity index (χ3n) is 6.85. The van der Waals surface area contributed by atoms with Crippen LogP contribution in [-0.4, -0.2) is 20.9 Å². The number of pyridine rings is 1. The van der Waals surface area contributed by atoms with E-state index in [1.54, 1.807) is 23.6 Å². The van der Waals surface area contributed by atoms with Crippen LogP contribution in [0.4, 0.5) is 5.69 Å². The zero-order valence-corrected chi connectivity index (χ0v) is 22.1.